The number of amides is 2. The molecule has 7 heteroatoms. The molecule has 5 rings (SSSR count). The molecule has 0 bridgehead atoms. The quantitative estimate of drug-likeness (QED) is 0.613. The van der Waals surface area contributed by atoms with Crippen LogP contribution in [0.1, 0.15) is 64.4 Å². The summed E-state index contributed by atoms with van der Waals surface area (Å²) >= 11 is 6.10. The Morgan fingerprint density at radius 2 is 1.83 bits per heavy atom. The van der Waals surface area contributed by atoms with E-state index in [1.54, 1.807) is 4.90 Å². The normalized spacial score (nSPS) is 30.3. The lowest BCUT2D eigenvalue weighted by Crippen LogP contribution is -2.83. The Balaban J connectivity index is 1.42. The van der Waals surface area contributed by atoms with Crippen molar-refractivity contribution >= 4 is 23.4 Å². The Hall–Kier alpha value is -1.89. The summed E-state index contributed by atoms with van der Waals surface area (Å²) in [5, 5.41) is 4.35. The van der Waals surface area contributed by atoms with Gasteiger partial charge in [0.15, 0.2) is 0 Å². The van der Waals surface area contributed by atoms with E-state index >= 15 is 0 Å². The van der Waals surface area contributed by atoms with Gasteiger partial charge in [0.1, 0.15) is 12.1 Å². The third-order valence-electron chi connectivity index (χ3n) is 8.95. The number of hydrogen-bond acceptors (Lipinski definition) is 4. The fourth-order valence-electron chi connectivity index (χ4n) is 6.91. The largest absolute Gasteiger partial charge is 0.329 e. The zero-order valence-electron chi connectivity index (χ0n) is 21.8. The Bertz CT molecular complexity index is 987. The molecule has 3 saturated heterocycles. The number of carbonyl (C=O) groups excluding carboxylic acids is 2. The van der Waals surface area contributed by atoms with E-state index in [0.29, 0.717) is 30.7 Å². The first-order chi connectivity index (χ1) is 17.3. The van der Waals surface area contributed by atoms with E-state index < -0.39 is 5.54 Å². The number of hydrogen-bond donors (Lipinski definition) is 1. The number of halogens is 1. The maximum atomic E-state index is 14.0. The zero-order valence-corrected chi connectivity index (χ0v) is 22.6. The molecule has 2 unspecified atom stereocenters. The van der Waals surface area contributed by atoms with Crippen molar-refractivity contribution in [2.45, 2.75) is 83.0 Å². The van der Waals surface area contributed by atoms with E-state index in [9.17, 15) is 9.59 Å². The van der Waals surface area contributed by atoms with Crippen LogP contribution in [0.3, 0.4) is 0 Å². The van der Waals surface area contributed by atoms with E-state index in [4.69, 9.17) is 11.6 Å². The van der Waals surface area contributed by atoms with Gasteiger partial charge in [-0.1, -0.05) is 55.1 Å². The van der Waals surface area contributed by atoms with Gasteiger partial charge in [-0.3, -0.25) is 14.5 Å². The second kappa shape index (κ2) is 10.5. The molecule has 0 aromatic heterocycles. The second-order valence-corrected chi connectivity index (χ2v) is 12.1. The van der Waals surface area contributed by atoms with Crippen LogP contribution in [0.25, 0.3) is 0 Å². The zero-order chi connectivity index (χ0) is 25.3. The standard InChI is InChI=1S/C29H41ClN4O2/c1-22(2)33-18-26(35)34(17-23-9-11-24(30)12-10-23)29(27(33)36)20-32(21-29)25-13-16-31-19-28(25)14-7-5-3-4-6-8-15-28/h7,9-12,14,22,25,31H,3-6,8,13,15-21H2,1-2H3/b14-7+. The van der Waals surface area contributed by atoms with Crippen LogP contribution in [0.15, 0.2) is 36.4 Å². The van der Waals surface area contributed by atoms with Crippen molar-refractivity contribution in [3.05, 3.63) is 47.0 Å². The molecule has 6 nitrogen and oxygen atoms in total. The van der Waals surface area contributed by atoms with Crippen molar-refractivity contribution in [2.75, 3.05) is 32.7 Å². The summed E-state index contributed by atoms with van der Waals surface area (Å²) in [6, 6.07) is 8.04. The summed E-state index contributed by atoms with van der Waals surface area (Å²) in [4.78, 5) is 33.7. The molecule has 2 amide bonds. The summed E-state index contributed by atoms with van der Waals surface area (Å²) in [6.07, 6.45) is 13.5. The van der Waals surface area contributed by atoms with Gasteiger partial charge in [-0.25, -0.2) is 0 Å². The van der Waals surface area contributed by atoms with Gasteiger partial charge in [-0.05, 0) is 63.8 Å². The van der Waals surface area contributed by atoms with Gasteiger partial charge >= 0.3 is 0 Å². The first-order valence-electron chi connectivity index (χ1n) is 13.8. The number of piperidine rings is 1. The molecule has 1 aliphatic carbocycles. The minimum atomic E-state index is -0.784. The molecular formula is C29H41ClN4O2. The molecule has 1 aromatic rings. The smallest absolute Gasteiger partial charge is 0.251 e. The number of rotatable bonds is 4. The Kier molecular flexibility index (Phi) is 7.49. The van der Waals surface area contributed by atoms with E-state index in [0.717, 1.165) is 31.5 Å². The first-order valence-corrected chi connectivity index (χ1v) is 14.2. The topological polar surface area (TPSA) is 55.9 Å². The molecule has 1 N–H and O–H groups in total. The van der Waals surface area contributed by atoms with E-state index in [2.05, 4.69) is 22.4 Å². The second-order valence-electron chi connectivity index (χ2n) is 11.6. The Labute approximate surface area is 221 Å². The van der Waals surface area contributed by atoms with Gasteiger partial charge < -0.3 is 15.1 Å². The lowest BCUT2D eigenvalue weighted by Gasteiger charge is -2.63. The van der Waals surface area contributed by atoms with Crippen LogP contribution in [-0.4, -0.2) is 76.9 Å². The molecule has 2 atom stereocenters. The average molecular weight is 513 g/mol. The highest BCUT2D eigenvalue weighted by Crippen LogP contribution is 2.44. The number of piperazine rings is 1. The van der Waals surface area contributed by atoms with Crippen LogP contribution >= 0.6 is 11.6 Å². The van der Waals surface area contributed by atoms with Crippen LogP contribution in [0.5, 0.6) is 0 Å². The molecular weight excluding hydrogens is 472 g/mol. The van der Waals surface area contributed by atoms with Crippen molar-refractivity contribution in [1.29, 1.82) is 0 Å². The van der Waals surface area contributed by atoms with Crippen LogP contribution in [0, 0.1) is 5.41 Å². The fraction of sp³-hybridized carbons (Fsp3) is 0.655. The molecule has 0 saturated carbocycles. The van der Waals surface area contributed by atoms with Crippen molar-refractivity contribution < 1.29 is 9.59 Å². The molecule has 3 fully saturated rings. The third-order valence-corrected chi connectivity index (χ3v) is 9.21. The molecule has 4 aliphatic rings. The summed E-state index contributed by atoms with van der Waals surface area (Å²) in [7, 11) is 0. The lowest BCUT2D eigenvalue weighted by molar-refractivity contribution is -0.187. The van der Waals surface area contributed by atoms with Crippen molar-refractivity contribution in [3.8, 4) is 0 Å². The predicted octanol–water partition coefficient (Wildman–Crippen LogP) is 4.23. The number of carbonyl (C=O) groups is 2. The SMILES string of the molecule is CC(C)N1CC(=O)N(Cc2ccc(Cl)cc2)C2(CN(C3CCNCC34/C=C/CCCCCC4)C2)C1=O. The van der Waals surface area contributed by atoms with E-state index in [-0.39, 0.29) is 29.8 Å². The Morgan fingerprint density at radius 3 is 2.58 bits per heavy atom. The average Bonchev–Trinajstić information content (AvgIpc) is 2.95. The molecule has 2 spiro atoms. The van der Waals surface area contributed by atoms with E-state index in [1.807, 2.05) is 43.0 Å². The molecule has 36 heavy (non-hydrogen) atoms. The minimum absolute atomic E-state index is 0.00701. The van der Waals surface area contributed by atoms with Crippen molar-refractivity contribution in [3.63, 3.8) is 0 Å². The van der Waals surface area contributed by atoms with Crippen LogP contribution in [0.4, 0.5) is 0 Å². The molecule has 3 heterocycles. The Morgan fingerprint density at radius 1 is 1.08 bits per heavy atom. The number of nitrogens with one attached hydrogen (secondary N) is 1. The highest BCUT2D eigenvalue weighted by atomic mass is 35.5. The maximum Gasteiger partial charge on any atom is 0.251 e. The molecule has 1 aromatic carbocycles. The van der Waals surface area contributed by atoms with Gasteiger partial charge in [-0.2, -0.15) is 0 Å². The van der Waals surface area contributed by atoms with Crippen molar-refractivity contribution in [1.82, 2.24) is 20.0 Å². The van der Waals surface area contributed by atoms with Gasteiger partial charge in [0.2, 0.25) is 5.91 Å². The molecule has 0 radical (unpaired) electrons. The molecule has 196 valence electrons. The highest BCUT2D eigenvalue weighted by molar-refractivity contribution is 6.30. The minimum Gasteiger partial charge on any atom is -0.329 e. The number of allylic oxidation sites excluding steroid dienone is 1. The maximum absolute atomic E-state index is 14.0. The third kappa shape index (κ3) is 4.72. The van der Waals surface area contributed by atoms with Gasteiger partial charge in [0, 0.05) is 48.7 Å². The fourth-order valence-corrected chi connectivity index (χ4v) is 7.04. The molecule has 3 aliphatic heterocycles. The van der Waals surface area contributed by atoms with Crippen LogP contribution in [-0.2, 0) is 16.1 Å². The van der Waals surface area contributed by atoms with Crippen molar-refractivity contribution in [2.24, 2.45) is 5.41 Å². The van der Waals surface area contributed by atoms with Crippen LogP contribution in [0.2, 0.25) is 5.02 Å². The van der Waals surface area contributed by atoms with Crippen LogP contribution < -0.4 is 5.32 Å². The number of nitrogens with zero attached hydrogens (tertiary/aromatic N) is 3. The predicted molar refractivity (Wildman–Crippen MR) is 144 cm³/mol. The first kappa shape index (κ1) is 25.7. The van der Waals surface area contributed by atoms with Gasteiger partial charge in [-0.15, -0.1) is 0 Å². The van der Waals surface area contributed by atoms with Gasteiger partial charge in [0.05, 0.1) is 0 Å². The summed E-state index contributed by atoms with van der Waals surface area (Å²) in [6.45, 7) is 7.86. The van der Waals surface area contributed by atoms with E-state index in [1.165, 1.54) is 32.1 Å². The van der Waals surface area contributed by atoms with Gasteiger partial charge in [0.25, 0.3) is 5.91 Å². The lowest BCUT2D eigenvalue weighted by atomic mass is 9.69. The monoisotopic (exact) mass is 512 g/mol. The summed E-state index contributed by atoms with van der Waals surface area (Å²) in [5.41, 5.74) is 0.326. The number of likely N-dealkylation sites (tertiary alicyclic amines) is 1. The number of benzene rings is 1. The summed E-state index contributed by atoms with van der Waals surface area (Å²) < 4.78 is 0. The summed E-state index contributed by atoms with van der Waals surface area (Å²) in [5.74, 6) is 0.149. The highest BCUT2D eigenvalue weighted by Gasteiger charge is 2.62.